The average molecular weight is 298 g/mol. The first-order chi connectivity index (χ1) is 8.15. The molecule has 0 radical (unpaired) electrons. The van der Waals surface area contributed by atoms with Gasteiger partial charge < -0.3 is 11.1 Å². The van der Waals surface area contributed by atoms with Gasteiger partial charge in [0.05, 0.1) is 0 Å². The van der Waals surface area contributed by atoms with Crippen molar-refractivity contribution in [2.45, 2.75) is 32.6 Å². The fourth-order valence-corrected chi connectivity index (χ4v) is 2.71. The van der Waals surface area contributed by atoms with Crippen LogP contribution in [0.4, 0.5) is 5.82 Å². The van der Waals surface area contributed by atoms with E-state index >= 15 is 0 Å². The van der Waals surface area contributed by atoms with Crippen LogP contribution in [0.25, 0.3) is 0 Å². The fraction of sp³-hybridized carbons (Fsp3) is 0.615. The Morgan fingerprint density at radius 2 is 2.18 bits per heavy atom. The van der Waals surface area contributed by atoms with Gasteiger partial charge in [-0.1, -0.05) is 12.8 Å². The molecule has 1 heterocycles. The van der Waals surface area contributed by atoms with Gasteiger partial charge in [-0.25, -0.2) is 4.98 Å². The van der Waals surface area contributed by atoms with E-state index in [1.54, 1.807) is 0 Å². The monoisotopic (exact) mass is 297 g/mol. The minimum Gasteiger partial charge on any atom is -0.369 e. The molecule has 17 heavy (non-hydrogen) atoms. The van der Waals surface area contributed by atoms with Crippen LogP contribution in [0.15, 0.2) is 16.7 Å². The minimum absolute atomic E-state index is 0.294. The number of pyridine rings is 1. The molecule has 4 heteroatoms. The summed E-state index contributed by atoms with van der Waals surface area (Å²) in [6, 6.07) is 2.07. The van der Waals surface area contributed by atoms with Crippen LogP contribution in [-0.4, -0.2) is 18.1 Å². The summed E-state index contributed by atoms with van der Waals surface area (Å²) >= 11 is 3.46. The number of rotatable bonds is 4. The van der Waals surface area contributed by atoms with Gasteiger partial charge in [0.15, 0.2) is 0 Å². The number of hydrogen-bond acceptors (Lipinski definition) is 3. The van der Waals surface area contributed by atoms with Gasteiger partial charge in [-0.05, 0) is 59.3 Å². The molecule has 0 spiro atoms. The molecule has 2 rings (SSSR count). The lowest BCUT2D eigenvalue weighted by Crippen LogP contribution is -2.34. The Bertz CT molecular complexity index is 386. The second kappa shape index (κ2) is 5.36. The van der Waals surface area contributed by atoms with Gasteiger partial charge in [0.1, 0.15) is 5.82 Å². The Morgan fingerprint density at radius 3 is 2.76 bits per heavy atom. The van der Waals surface area contributed by atoms with E-state index in [1.165, 1.54) is 31.2 Å². The zero-order chi connectivity index (χ0) is 12.3. The first-order valence-corrected chi connectivity index (χ1v) is 7.01. The molecule has 3 N–H and O–H groups in total. The molecule has 0 atom stereocenters. The Morgan fingerprint density at radius 1 is 1.47 bits per heavy atom. The van der Waals surface area contributed by atoms with Crippen LogP contribution in [0.2, 0.25) is 0 Å². The Hall–Kier alpha value is -0.610. The van der Waals surface area contributed by atoms with Crippen molar-refractivity contribution >= 4 is 21.7 Å². The molecule has 1 fully saturated rings. The summed E-state index contributed by atoms with van der Waals surface area (Å²) in [6.45, 7) is 3.79. The molecular weight excluding hydrogens is 278 g/mol. The first-order valence-electron chi connectivity index (χ1n) is 6.21. The van der Waals surface area contributed by atoms with E-state index in [9.17, 15) is 0 Å². The number of aryl methyl sites for hydroxylation is 1. The molecule has 1 aliphatic rings. The third-order valence-corrected chi connectivity index (χ3v) is 4.62. The van der Waals surface area contributed by atoms with Gasteiger partial charge >= 0.3 is 0 Å². The number of nitrogens with two attached hydrogens (primary N) is 1. The van der Waals surface area contributed by atoms with Crippen molar-refractivity contribution in [1.82, 2.24) is 4.98 Å². The number of anilines is 1. The maximum absolute atomic E-state index is 5.92. The Labute approximate surface area is 111 Å². The van der Waals surface area contributed by atoms with Gasteiger partial charge in [-0.15, -0.1) is 0 Å². The summed E-state index contributed by atoms with van der Waals surface area (Å²) in [5, 5.41) is 3.43. The number of hydrogen-bond donors (Lipinski definition) is 2. The molecule has 1 aliphatic carbocycles. The SMILES string of the molecule is Cc1cc(NCC2(CN)CCCC2)ncc1Br. The van der Waals surface area contributed by atoms with Crippen molar-refractivity contribution < 1.29 is 0 Å². The zero-order valence-electron chi connectivity index (χ0n) is 10.3. The lowest BCUT2D eigenvalue weighted by molar-refractivity contribution is 0.332. The smallest absolute Gasteiger partial charge is 0.126 e. The van der Waals surface area contributed by atoms with Crippen molar-refractivity contribution in [2.24, 2.45) is 11.1 Å². The summed E-state index contributed by atoms with van der Waals surface area (Å²) in [4.78, 5) is 4.37. The molecule has 0 unspecified atom stereocenters. The van der Waals surface area contributed by atoms with Crippen LogP contribution in [0.5, 0.6) is 0 Å². The van der Waals surface area contributed by atoms with E-state index in [1.807, 2.05) is 6.20 Å². The van der Waals surface area contributed by atoms with E-state index in [4.69, 9.17) is 5.73 Å². The molecular formula is C13H20BrN3. The topological polar surface area (TPSA) is 50.9 Å². The largest absolute Gasteiger partial charge is 0.369 e. The molecule has 0 amide bonds. The molecule has 1 aromatic heterocycles. The fourth-order valence-electron chi connectivity index (χ4n) is 2.49. The van der Waals surface area contributed by atoms with E-state index in [-0.39, 0.29) is 0 Å². The average Bonchev–Trinajstić information content (AvgIpc) is 2.80. The highest BCUT2D eigenvalue weighted by atomic mass is 79.9. The Kier molecular flexibility index (Phi) is 4.05. The normalized spacial score (nSPS) is 18.3. The van der Waals surface area contributed by atoms with Crippen LogP contribution in [0, 0.1) is 12.3 Å². The number of halogens is 1. The van der Waals surface area contributed by atoms with Crippen LogP contribution < -0.4 is 11.1 Å². The predicted octanol–water partition coefficient (Wildman–Crippen LogP) is 3.08. The van der Waals surface area contributed by atoms with Crippen molar-refractivity contribution in [3.63, 3.8) is 0 Å². The highest BCUT2D eigenvalue weighted by Crippen LogP contribution is 2.37. The molecule has 0 bridgehead atoms. The van der Waals surface area contributed by atoms with E-state index in [2.05, 4.69) is 39.2 Å². The third-order valence-electron chi connectivity index (χ3n) is 3.79. The minimum atomic E-state index is 0.294. The summed E-state index contributed by atoms with van der Waals surface area (Å²) in [7, 11) is 0. The van der Waals surface area contributed by atoms with Crippen molar-refractivity contribution in [2.75, 3.05) is 18.4 Å². The maximum Gasteiger partial charge on any atom is 0.126 e. The van der Waals surface area contributed by atoms with Crippen molar-refractivity contribution in [3.8, 4) is 0 Å². The highest BCUT2D eigenvalue weighted by molar-refractivity contribution is 9.10. The van der Waals surface area contributed by atoms with E-state index < -0.39 is 0 Å². The van der Waals surface area contributed by atoms with E-state index in [0.717, 1.165) is 23.4 Å². The Balaban J connectivity index is 1.99. The first kappa shape index (κ1) is 12.8. The number of nitrogens with one attached hydrogen (secondary N) is 1. The van der Waals surface area contributed by atoms with E-state index in [0.29, 0.717) is 5.41 Å². The van der Waals surface area contributed by atoms with Gasteiger partial charge in [0.25, 0.3) is 0 Å². The second-order valence-corrected chi connectivity index (χ2v) is 5.94. The van der Waals surface area contributed by atoms with Crippen molar-refractivity contribution in [3.05, 3.63) is 22.3 Å². The predicted molar refractivity (Wildman–Crippen MR) is 75.1 cm³/mol. The number of nitrogens with zero attached hydrogens (tertiary/aromatic N) is 1. The summed E-state index contributed by atoms with van der Waals surface area (Å²) in [6.07, 6.45) is 6.96. The molecule has 0 saturated heterocycles. The summed E-state index contributed by atoms with van der Waals surface area (Å²) in [5.74, 6) is 0.949. The molecule has 1 saturated carbocycles. The van der Waals surface area contributed by atoms with Gasteiger partial charge in [0.2, 0.25) is 0 Å². The zero-order valence-corrected chi connectivity index (χ0v) is 11.9. The molecule has 1 aromatic rings. The van der Waals surface area contributed by atoms with Gasteiger partial charge in [0, 0.05) is 17.2 Å². The van der Waals surface area contributed by atoms with Gasteiger partial charge in [-0.2, -0.15) is 0 Å². The summed E-state index contributed by atoms with van der Waals surface area (Å²) < 4.78 is 1.05. The number of aromatic nitrogens is 1. The molecule has 0 aromatic carbocycles. The molecule has 94 valence electrons. The highest BCUT2D eigenvalue weighted by Gasteiger charge is 2.32. The molecule has 0 aliphatic heterocycles. The molecule has 3 nitrogen and oxygen atoms in total. The quantitative estimate of drug-likeness (QED) is 0.898. The van der Waals surface area contributed by atoms with Crippen LogP contribution in [-0.2, 0) is 0 Å². The second-order valence-electron chi connectivity index (χ2n) is 5.08. The standard InChI is InChI=1S/C13H20BrN3/c1-10-6-12(16-7-11(10)14)17-9-13(8-15)4-2-3-5-13/h6-7H,2-5,8-9,15H2,1H3,(H,16,17). The van der Waals surface area contributed by atoms with Crippen LogP contribution in [0.1, 0.15) is 31.2 Å². The van der Waals surface area contributed by atoms with Gasteiger partial charge in [-0.3, -0.25) is 0 Å². The lowest BCUT2D eigenvalue weighted by Gasteiger charge is -2.27. The third kappa shape index (κ3) is 2.99. The summed E-state index contributed by atoms with van der Waals surface area (Å²) in [5.41, 5.74) is 7.42. The van der Waals surface area contributed by atoms with Crippen molar-refractivity contribution in [1.29, 1.82) is 0 Å². The maximum atomic E-state index is 5.92. The van der Waals surface area contributed by atoms with Crippen LogP contribution >= 0.6 is 15.9 Å². The van der Waals surface area contributed by atoms with Crippen LogP contribution in [0.3, 0.4) is 0 Å². The lowest BCUT2D eigenvalue weighted by atomic mass is 9.86.